The predicted molar refractivity (Wildman–Crippen MR) is 68.2 cm³/mol. The van der Waals surface area contributed by atoms with Gasteiger partial charge in [0.25, 0.3) is 0 Å². The molecule has 0 aromatic heterocycles. The van der Waals surface area contributed by atoms with Crippen LogP contribution in [0.25, 0.3) is 0 Å². The fourth-order valence-corrected chi connectivity index (χ4v) is 1.25. The average Bonchev–Trinajstić information content (AvgIpc) is 2.37. The molecule has 0 heterocycles. The minimum absolute atomic E-state index is 0.616. The van der Waals surface area contributed by atoms with Crippen LogP contribution in [-0.4, -0.2) is 32.6 Å². The van der Waals surface area contributed by atoms with E-state index in [9.17, 15) is 9.59 Å². The zero-order valence-corrected chi connectivity index (χ0v) is 11.2. The highest BCUT2D eigenvalue weighted by Crippen LogP contribution is 2.00. The van der Waals surface area contributed by atoms with Gasteiger partial charge in [0.15, 0.2) is 0 Å². The standard InChI is InChI=1S/C12H22N2O4/c1-4-5-6-7-8-9-10(13-11(15)17-2)14-12(16)18-3/h8-10H,4-7H2,1-3H3,(H,13,15)(H,14,16)/b9-8-. The van der Waals surface area contributed by atoms with Crippen LogP contribution in [0, 0.1) is 0 Å². The van der Waals surface area contributed by atoms with E-state index in [2.05, 4.69) is 27.0 Å². The minimum Gasteiger partial charge on any atom is -0.453 e. The van der Waals surface area contributed by atoms with E-state index in [0.29, 0.717) is 0 Å². The molecular formula is C12H22N2O4. The molecule has 0 atom stereocenters. The number of ether oxygens (including phenoxy) is 2. The number of rotatable bonds is 7. The second-order valence-electron chi connectivity index (χ2n) is 3.67. The number of unbranched alkanes of at least 4 members (excludes halogenated alkanes) is 3. The van der Waals surface area contributed by atoms with E-state index in [1.807, 2.05) is 6.08 Å². The summed E-state index contributed by atoms with van der Waals surface area (Å²) in [5.41, 5.74) is 0. The number of carbonyl (C=O) groups is 2. The minimum atomic E-state index is -0.633. The molecule has 0 spiro atoms. The van der Waals surface area contributed by atoms with Gasteiger partial charge in [0.1, 0.15) is 6.17 Å². The Balaban J connectivity index is 4.18. The number of carbonyl (C=O) groups excluding carboxylic acids is 2. The Kier molecular flexibility index (Phi) is 9.44. The summed E-state index contributed by atoms with van der Waals surface area (Å²) in [7, 11) is 2.52. The molecule has 0 aliphatic carbocycles. The average molecular weight is 258 g/mol. The first kappa shape index (κ1) is 16.3. The van der Waals surface area contributed by atoms with Gasteiger partial charge in [0, 0.05) is 0 Å². The van der Waals surface area contributed by atoms with Gasteiger partial charge in [-0.25, -0.2) is 9.59 Å². The van der Waals surface area contributed by atoms with Crippen molar-refractivity contribution in [3.05, 3.63) is 12.2 Å². The Bertz CT molecular complexity index is 261. The molecule has 0 aliphatic heterocycles. The Labute approximate surface area is 108 Å². The summed E-state index contributed by atoms with van der Waals surface area (Å²) >= 11 is 0. The molecule has 0 radical (unpaired) electrons. The molecule has 0 saturated carbocycles. The molecule has 0 saturated heterocycles. The van der Waals surface area contributed by atoms with Gasteiger partial charge in [0.05, 0.1) is 14.2 Å². The molecule has 2 amide bonds. The highest BCUT2D eigenvalue weighted by Gasteiger charge is 2.11. The van der Waals surface area contributed by atoms with E-state index in [1.54, 1.807) is 6.08 Å². The van der Waals surface area contributed by atoms with Crippen molar-refractivity contribution in [3.8, 4) is 0 Å². The largest absolute Gasteiger partial charge is 0.453 e. The summed E-state index contributed by atoms with van der Waals surface area (Å²) in [6.07, 6.45) is 6.03. The van der Waals surface area contributed by atoms with Crippen LogP contribution < -0.4 is 10.6 Å². The number of amides is 2. The summed E-state index contributed by atoms with van der Waals surface area (Å²) in [4.78, 5) is 22.1. The lowest BCUT2D eigenvalue weighted by atomic mass is 10.2. The zero-order chi connectivity index (χ0) is 13.8. The Morgan fingerprint density at radius 3 is 2.11 bits per heavy atom. The monoisotopic (exact) mass is 258 g/mol. The van der Waals surface area contributed by atoms with E-state index >= 15 is 0 Å². The zero-order valence-electron chi connectivity index (χ0n) is 11.2. The van der Waals surface area contributed by atoms with Gasteiger partial charge in [0.2, 0.25) is 0 Å². The second-order valence-corrected chi connectivity index (χ2v) is 3.67. The summed E-state index contributed by atoms with van der Waals surface area (Å²) in [5.74, 6) is 0. The molecule has 0 aromatic rings. The van der Waals surface area contributed by atoms with Crippen LogP contribution in [0.15, 0.2) is 12.2 Å². The number of hydrogen-bond donors (Lipinski definition) is 2. The lowest BCUT2D eigenvalue weighted by Crippen LogP contribution is -2.46. The molecule has 6 nitrogen and oxygen atoms in total. The molecule has 0 aromatic carbocycles. The third-order valence-corrected chi connectivity index (χ3v) is 2.22. The summed E-state index contributed by atoms with van der Waals surface area (Å²) in [6.45, 7) is 2.13. The second kappa shape index (κ2) is 10.4. The predicted octanol–water partition coefficient (Wildman–Crippen LogP) is 2.16. The van der Waals surface area contributed by atoms with Crippen molar-refractivity contribution >= 4 is 12.2 Å². The Hall–Kier alpha value is -1.72. The smallest absolute Gasteiger partial charge is 0.408 e. The molecule has 0 unspecified atom stereocenters. The molecule has 0 bridgehead atoms. The fourth-order valence-electron chi connectivity index (χ4n) is 1.25. The van der Waals surface area contributed by atoms with Crippen LogP contribution in [0.4, 0.5) is 9.59 Å². The lowest BCUT2D eigenvalue weighted by Gasteiger charge is -2.15. The first-order chi connectivity index (χ1) is 8.63. The van der Waals surface area contributed by atoms with Gasteiger partial charge in [-0.05, 0) is 18.9 Å². The maximum absolute atomic E-state index is 11.1. The van der Waals surface area contributed by atoms with Crippen molar-refractivity contribution < 1.29 is 19.1 Å². The SMILES string of the molecule is CCCCC/C=C\C(NC(=O)OC)NC(=O)OC. The van der Waals surface area contributed by atoms with Crippen LogP contribution in [0.2, 0.25) is 0 Å². The Morgan fingerprint density at radius 2 is 1.67 bits per heavy atom. The van der Waals surface area contributed by atoms with E-state index in [0.717, 1.165) is 25.7 Å². The topological polar surface area (TPSA) is 76.7 Å². The summed E-state index contributed by atoms with van der Waals surface area (Å²) in [6, 6.07) is 0. The first-order valence-electron chi connectivity index (χ1n) is 5.99. The molecule has 0 fully saturated rings. The quantitative estimate of drug-likeness (QED) is 0.417. The van der Waals surface area contributed by atoms with Crippen molar-refractivity contribution in [1.82, 2.24) is 10.6 Å². The molecule has 18 heavy (non-hydrogen) atoms. The molecular weight excluding hydrogens is 236 g/mol. The van der Waals surface area contributed by atoms with Crippen molar-refractivity contribution in [1.29, 1.82) is 0 Å². The molecule has 0 aliphatic rings. The van der Waals surface area contributed by atoms with Gasteiger partial charge >= 0.3 is 12.2 Å². The van der Waals surface area contributed by atoms with E-state index in [4.69, 9.17) is 0 Å². The van der Waals surface area contributed by atoms with Crippen molar-refractivity contribution in [2.75, 3.05) is 14.2 Å². The van der Waals surface area contributed by atoms with Crippen LogP contribution in [0.3, 0.4) is 0 Å². The van der Waals surface area contributed by atoms with Crippen molar-refractivity contribution in [2.45, 2.75) is 38.8 Å². The summed E-state index contributed by atoms with van der Waals surface area (Å²) in [5, 5.41) is 4.93. The van der Waals surface area contributed by atoms with Gasteiger partial charge in [-0.1, -0.05) is 25.8 Å². The number of hydrogen-bond acceptors (Lipinski definition) is 4. The molecule has 104 valence electrons. The van der Waals surface area contributed by atoms with Crippen LogP contribution in [0.1, 0.15) is 32.6 Å². The van der Waals surface area contributed by atoms with Crippen molar-refractivity contribution in [3.63, 3.8) is 0 Å². The van der Waals surface area contributed by atoms with Crippen LogP contribution >= 0.6 is 0 Å². The number of methoxy groups -OCH3 is 2. The van der Waals surface area contributed by atoms with Gasteiger partial charge in [-0.15, -0.1) is 0 Å². The number of nitrogens with one attached hydrogen (secondary N) is 2. The van der Waals surface area contributed by atoms with E-state index in [-0.39, 0.29) is 0 Å². The third kappa shape index (κ3) is 8.43. The Morgan fingerprint density at radius 1 is 1.11 bits per heavy atom. The fraction of sp³-hybridized carbons (Fsp3) is 0.667. The molecule has 0 rings (SSSR count). The van der Waals surface area contributed by atoms with Crippen LogP contribution in [-0.2, 0) is 9.47 Å². The maximum atomic E-state index is 11.1. The van der Waals surface area contributed by atoms with Gasteiger partial charge in [-0.3, -0.25) is 10.6 Å². The lowest BCUT2D eigenvalue weighted by molar-refractivity contribution is 0.157. The third-order valence-electron chi connectivity index (χ3n) is 2.22. The maximum Gasteiger partial charge on any atom is 0.408 e. The van der Waals surface area contributed by atoms with Gasteiger partial charge in [-0.2, -0.15) is 0 Å². The molecule has 2 N–H and O–H groups in total. The number of alkyl carbamates (subject to hydrolysis) is 2. The van der Waals surface area contributed by atoms with Gasteiger partial charge < -0.3 is 9.47 Å². The normalized spacial score (nSPS) is 10.4. The highest BCUT2D eigenvalue weighted by molar-refractivity contribution is 5.71. The van der Waals surface area contributed by atoms with Crippen molar-refractivity contribution in [2.24, 2.45) is 0 Å². The van der Waals surface area contributed by atoms with Crippen LogP contribution in [0.5, 0.6) is 0 Å². The molecule has 6 heteroatoms. The van der Waals surface area contributed by atoms with E-state index < -0.39 is 18.4 Å². The van der Waals surface area contributed by atoms with E-state index in [1.165, 1.54) is 14.2 Å². The summed E-state index contributed by atoms with van der Waals surface area (Å²) < 4.78 is 8.93. The number of allylic oxidation sites excluding steroid dienone is 1. The highest BCUT2D eigenvalue weighted by atomic mass is 16.5. The first-order valence-corrected chi connectivity index (χ1v) is 5.99.